The summed E-state index contributed by atoms with van der Waals surface area (Å²) in [6.45, 7) is 1.43. The molecule has 1 rings (SSSR count). The maximum atomic E-state index is 13.3. The van der Waals surface area contributed by atoms with E-state index in [0.717, 1.165) is 6.07 Å². The number of hydrogen-bond acceptors (Lipinski definition) is 3. The minimum atomic E-state index is -0.830. The largest absolute Gasteiger partial charge is 0.494 e. The van der Waals surface area contributed by atoms with Crippen LogP contribution in [0, 0.1) is 5.82 Å². The van der Waals surface area contributed by atoms with Gasteiger partial charge < -0.3 is 10.1 Å². The molecule has 0 aliphatic rings. The number of methoxy groups -OCH3 is 1. The van der Waals surface area contributed by atoms with Crippen LogP contribution in [0.25, 0.3) is 0 Å². The van der Waals surface area contributed by atoms with Crippen LogP contribution in [0.15, 0.2) is 18.2 Å². The number of imide groups is 1. The molecule has 0 saturated heterocycles. The SMILES string of the molecule is COc1ccc(NC(=O)NC(=O)C(C)Cl)cc1F. The van der Waals surface area contributed by atoms with Gasteiger partial charge in [-0.05, 0) is 19.1 Å². The van der Waals surface area contributed by atoms with Crippen LogP contribution < -0.4 is 15.4 Å². The van der Waals surface area contributed by atoms with Gasteiger partial charge in [0.05, 0.1) is 7.11 Å². The molecule has 1 atom stereocenters. The lowest BCUT2D eigenvalue weighted by Crippen LogP contribution is -2.38. The van der Waals surface area contributed by atoms with Crippen molar-refractivity contribution in [1.29, 1.82) is 0 Å². The van der Waals surface area contributed by atoms with Crippen LogP contribution in [0.3, 0.4) is 0 Å². The van der Waals surface area contributed by atoms with Crippen LogP contribution in [-0.4, -0.2) is 24.4 Å². The minimum absolute atomic E-state index is 0.0615. The van der Waals surface area contributed by atoms with E-state index in [0.29, 0.717) is 0 Å². The van der Waals surface area contributed by atoms with Crippen LogP contribution in [-0.2, 0) is 4.79 Å². The van der Waals surface area contributed by atoms with Crippen molar-refractivity contribution in [2.45, 2.75) is 12.3 Å². The van der Waals surface area contributed by atoms with Crippen LogP contribution in [0.5, 0.6) is 5.75 Å². The predicted molar refractivity (Wildman–Crippen MR) is 65.4 cm³/mol. The molecule has 0 aliphatic carbocycles. The molecule has 1 aromatic carbocycles. The Morgan fingerprint density at radius 2 is 2.11 bits per heavy atom. The molecule has 98 valence electrons. The van der Waals surface area contributed by atoms with Crippen molar-refractivity contribution in [2.75, 3.05) is 12.4 Å². The molecule has 7 heteroatoms. The summed E-state index contributed by atoms with van der Waals surface area (Å²) < 4.78 is 18.0. The number of hydrogen-bond donors (Lipinski definition) is 2. The smallest absolute Gasteiger partial charge is 0.325 e. The average molecular weight is 275 g/mol. The highest BCUT2D eigenvalue weighted by Gasteiger charge is 2.13. The van der Waals surface area contributed by atoms with Crippen LogP contribution in [0.2, 0.25) is 0 Å². The van der Waals surface area contributed by atoms with E-state index in [1.807, 2.05) is 5.32 Å². The van der Waals surface area contributed by atoms with E-state index in [2.05, 4.69) is 5.32 Å². The molecule has 2 N–H and O–H groups in total. The molecular formula is C11H12ClFN2O3. The zero-order valence-corrected chi connectivity index (χ0v) is 10.5. The lowest BCUT2D eigenvalue weighted by Gasteiger charge is -2.08. The van der Waals surface area contributed by atoms with Gasteiger partial charge in [0.15, 0.2) is 11.6 Å². The molecule has 3 amide bonds. The van der Waals surface area contributed by atoms with E-state index in [-0.39, 0.29) is 11.4 Å². The number of urea groups is 1. The molecule has 0 fully saturated rings. The number of nitrogens with one attached hydrogen (secondary N) is 2. The van der Waals surface area contributed by atoms with Crippen molar-refractivity contribution in [2.24, 2.45) is 0 Å². The molecule has 0 heterocycles. The second kappa shape index (κ2) is 6.20. The topological polar surface area (TPSA) is 67.4 Å². The molecule has 1 unspecified atom stereocenters. The van der Waals surface area contributed by atoms with Crippen molar-refractivity contribution >= 4 is 29.2 Å². The van der Waals surface area contributed by atoms with Gasteiger partial charge in [0.25, 0.3) is 0 Å². The highest BCUT2D eigenvalue weighted by atomic mass is 35.5. The summed E-state index contributed by atoms with van der Waals surface area (Å²) in [5.74, 6) is -1.19. The van der Waals surface area contributed by atoms with Gasteiger partial charge in [-0.2, -0.15) is 0 Å². The maximum absolute atomic E-state index is 13.3. The highest BCUT2D eigenvalue weighted by Crippen LogP contribution is 2.20. The summed E-state index contributed by atoms with van der Waals surface area (Å²) in [5.41, 5.74) is 0.195. The van der Waals surface area contributed by atoms with Gasteiger partial charge in [0.1, 0.15) is 5.38 Å². The standard InChI is InChI=1S/C11H12ClFN2O3/c1-6(12)10(16)15-11(17)14-7-3-4-9(18-2)8(13)5-7/h3-6H,1-2H3,(H2,14,15,16,17). The van der Waals surface area contributed by atoms with Gasteiger partial charge in [-0.1, -0.05) is 0 Å². The molecular weight excluding hydrogens is 263 g/mol. The third kappa shape index (κ3) is 3.89. The number of ether oxygens (including phenoxy) is 1. The van der Waals surface area contributed by atoms with E-state index < -0.39 is 23.1 Å². The first-order valence-corrected chi connectivity index (χ1v) is 5.47. The second-order valence-electron chi connectivity index (χ2n) is 3.41. The molecule has 0 bridgehead atoms. The molecule has 18 heavy (non-hydrogen) atoms. The third-order valence-electron chi connectivity index (χ3n) is 2.01. The Kier molecular flexibility index (Phi) is 4.91. The monoisotopic (exact) mass is 274 g/mol. The maximum Gasteiger partial charge on any atom is 0.325 e. The van der Waals surface area contributed by atoms with Crippen molar-refractivity contribution in [3.8, 4) is 5.75 Å². The Labute approximate surface area is 108 Å². The summed E-state index contributed by atoms with van der Waals surface area (Å²) in [7, 11) is 1.33. The summed E-state index contributed by atoms with van der Waals surface area (Å²) in [6.07, 6.45) is 0. The van der Waals surface area contributed by atoms with E-state index in [1.165, 1.54) is 26.2 Å². The Balaban J connectivity index is 2.65. The van der Waals surface area contributed by atoms with Crippen molar-refractivity contribution in [1.82, 2.24) is 5.32 Å². The fourth-order valence-electron chi connectivity index (χ4n) is 1.12. The van der Waals surface area contributed by atoms with Crippen LogP contribution >= 0.6 is 11.6 Å². The molecule has 0 aliphatic heterocycles. The van der Waals surface area contributed by atoms with Crippen LogP contribution in [0.4, 0.5) is 14.9 Å². The number of anilines is 1. The first-order valence-electron chi connectivity index (χ1n) is 5.03. The fourth-order valence-corrected chi connectivity index (χ4v) is 1.17. The molecule has 5 nitrogen and oxygen atoms in total. The number of halogens is 2. The number of rotatable bonds is 3. The van der Waals surface area contributed by atoms with E-state index in [9.17, 15) is 14.0 Å². The van der Waals surface area contributed by atoms with E-state index in [1.54, 1.807) is 0 Å². The molecule has 1 aromatic rings. The lowest BCUT2D eigenvalue weighted by molar-refractivity contribution is -0.119. The van der Waals surface area contributed by atoms with Crippen LogP contribution in [0.1, 0.15) is 6.92 Å². The van der Waals surface area contributed by atoms with Gasteiger partial charge >= 0.3 is 6.03 Å². The highest BCUT2D eigenvalue weighted by molar-refractivity contribution is 6.31. The van der Waals surface area contributed by atoms with Crippen molar-refractivity contribution in [3.05, 3.63) is 24.0 Å². The number of carbonyl (C=O) groups is 2. The number of carbonyl (C=O) groups excluding carboxylic acids is 2. The molecule has 0 spiro atoms. The van der Waals surface area contributed by atoms with E-state index in [4.69, 9.17) is 16.3 Å². The van der Waals surface area contributed by atoms with E-state index >= 15 is 0 Å². The Hall–Kier alpha value is -1.82. The zero-order valence-electron chi connectivity index (χ0n) is 9.79. The van der Waals surface area contributed by atoms with Gasteiger partial charge in [-0.15, -0.1) is 11.6 Å². The van der Waals surface area contributed by atoms with Gasteiger partial charge in [-0.25, -0.2) is 9.18 Å². The first-order chi connectivity index (χ1) is 8.43. The first kappa shape index (κ1) is 14.2. The summed E-state index contributed by atoms with van der Waals surface area (Å²) in [4.78, 5) is 22.5. The zero-order chi connectivity index (χ0) is 13.7. The molecule has 0 aromatic heterocycles. The number of amides is 3. The summed E-state index contributed by atoms with van der Waals surface area (Å²) >= 11 is 5.47. The second-order valence-corrected chi connectivity index (χ2v) is 4.06. The average Bonchev–Trinajstić information content (AvgIpc) is 2.28. The predicted octanol–water partition coefficient (Wildman–Crippen LogP) is 2.11. The van der Waals surface area contributed by atoms with Crippen molar-refractivity contribution in [3.63, 3.8) is 0 Å². The van der Waals surface area contributed by atoms with Gasteiger partial charge in [0, 0.05) is 11.8 Å². The Bertz CT molecular complexity index is 466. The van der Waals surface area contributed by atoms with Gasteiger partial charge in [-0.3, -0.25) is 10.1 Å². The Morgan fingerprint density at radius 3 is 2.61 bits per heavy atom. The summed E-state index contributed by atoms with van der Waals surface area (Å²) in [6, 6.07) is 3.09. The lowest BCUT2D eigenvalue weighted by atomic mass is 10.3. The normalized spacial score (nSPS) is 11.6. The quantitative estimate of drug-likeness (QED) is 0.830. The van der Waals surface area contributed by atoms with Crippen molar-refractivity contribution < 1.29 is 18.7 Å². The number of benzene rings is 1. The van der Waals surface area contributed by atoms with Gasteiger partial charge in [0.2, 0.25) is 5.91 Å². The Morgan fingerprint density at radius 1 is 1.44 bits per heavy atom. The molecule has 0 saturated carbocycles. The summed E-state index contributed by atoms with van der Waals surface area (Å²) in [5, 5.41) is 3.47. The minimum Gasteiger partial charge on any atom is -0.494 e. The number of alkyl halides is 1. The molecule has 0 radical (unpaired) electrons. The third-order valence-corrected chi connectivity index (χ3v) is 2.21. The fraction of sp³-hybridized carbons (Fsp3) is 0.273.